The molecule has 0 N–H and O–H groups in total. The third-order valence-corrected chi connectivity index (χ3v) is 8.98. The lowest BCUT2D eigenvalue weighted by Crippen LogP contribution is -2.39. The van der Waals surface area contributed by atoms with Crippen molar-refractivity contribution in [1.29, 1.82) is 0 Å². The number of carbonyl (C=O) groups excluding carboxylic acids is 1. The minimum absolute atomic E-state index is 0.0650. The average Bonchev–Trinajstić information content (AvgIpc) is 3.31. The van der Waals surface area contributed by atoms with E-state index in [0.717, 1.165) is 61.5 Å². The summed E-state index contributed by atoms with van der Waals surface area (Å²) in [5, 5.41) is 0.382. The Balaban J connectivity index is 1.07. The highest BCUT2D eigenvalue weighted by molar-refractivity contribution is 7.98. The monoisotopic (exact) mass is 610 g/mol. The van der Waals surface area contributed by atoms with Gasteiger partial charge < -0.3 is 18.8 Å². The van der Waals surface area contributed by atoms with Gasteiger partial charge in [-0.05, 0) is 61.7 Å². The van der Waals surface area contributed by atoms with E-state index in [1.165, 1.54) is 24.9 Å². The highest BCUT2D eigenvalue weighted by Gasteiger charge is 2.26. The summed E-state index contributed by atoms with van der Waals surface area (Å²) in [4.78, 5) is 24.7. The third kappa shape index (κ3) is 6.72. The Kier molecular flexibility index (Phi) is 8.95. The molecule has 11 heteroatoms. The standard InChI is InChI=1S/C31H32ClFN4O4S/c1-39-31(38)20-5-7-26-27(15-20)37(17-24-11-14-40-24)29(35-26)18-36-12-9-23(10-13-36)41-30-4-2-3-22(34-30)19-42-28-8-6-21(32)16-25(28)33/h2-8,15-16,23-24H,9-14,17-19H2,1H3/t24-/m0/s1. The molecule has 2 aliphatic rings. The zero-order chi connectivity index (χ0) is 29.1. The van der Waals surface area contributed by atoms with Crippen LogP contribution in [0.3, 0.4) is 0 Å². The van der Waals surface area contributed by atoms with Gasteiger partial charge in [0.15, 0.2) is 0 Å². The van der Waals surface area contributed by atoms with Gasteiger partial charge in [-0.3, -0.25) is 4.90 Å². The first-order valence-corrected chi connectivity index (χ1v) is 15.4. The molecule has 2 aromatic heterocycles. The number of benzene rings is 2. The molecule has 2 fully saturated rings. The molecule has 2 aliphatic heterocycles. The third-order valence-electron chi connectivity index (χ3n) is 7.67. The van der Waals surface area contributed by atoms with Crippen molar-refractivity contribution < 1.29 is 23.4 Å². The van der Waals surface area contributed by atoms with Crippen LogP contribution in [0.2, 0.25) is 5.02 Å². The second-order valence-electron chi connectivity index (χ2n) is 10.5. The smallest absolute Gasteiger partial charge is 0.337 e. The predicted octanol–water partition coefficient (Wildman–Crippen LogP) is 6.14. The number of halogens is 2. The molecule has 6 rings (SSSR count). The molecular formula is C31H32ClFN4O4S. The maximum Gasteiger partial charge on any atom is 0.337 e. The van der Waals surface area contributed by atoms with E-state index in [1.54, 1.807) is 18.2 Å². The van der Waals surface area contributed by atoms with Crippen molar-refractivity contribution >= 4 is 40.4 Å². The van der Waals surface area contributed by atoms with E-state index in [1.807, 2.05) is 30.3 Å². The molecule has 42 heavy (non-hydrogen) atoms. The number of likely N-dealkylation sites (tertiary alicyclic amines) is 1. The number of piperidine rings is 1. The molecule has 1 atom stereocenters. The number of fused-ring (bicyclic) bond motifs is 1. The van der Waals surface area contributed by atoms with E-state index in [4.69, 9.17) is 30.8 Å². The second kappa shape index (κ2) is 13.0. The number of aromatic nitrogens is 3. The van der Waals surface area contributed by atoms with Crippen LogP contribution >= 0.6 is 23.4 Å². The minimum Gasteiger partial charge on any atom is -0.474 e. The number of hydrogen-bond donors (Lipinski definition) is 0. The number of ether oxygens (including phenoxy) is 3. The van der Waals surface area contributed by atoms with Crippen LogP contribution in [0.5, 0.6) is 5.88 Å². The number of rotatable bonds is 10. The van der Waals surface area contributed by atoms with Gasteiger partial charge in [-0.15, -0.1) is 11.8 Å². The van der Waals surface area contributed by atoms with Crippen LogP contribution in [-0.2, 0) is 28.3 Å². The van der Waals surface area contributed by atoms with Crippen molar-refractivity contribution in [3.05, 3.63) is 82.5 Å². The molecule has 0 aliphatic carbocycles. The van der Waals surface area contributed by atoms with Crippen LogP contribution in [-0.4, -0.2) is 64.4 Å². The Morgan fingerprint density at radius 1 is 1.12 bits per heavy atom. The SMILES string of the molecule is COC(=O)c1ccc2nc(CN3CCC(Oc4cccc(CSc5ccc(Cl)cc5F)n4)CC3)n(C[C@@H]3CCO3)c2c1. The summed E-state index contributed by atoms with van der Waals surface area (Å²) in [5.74, 6) is 1.40. The van der Waals surface area contributed by atoms with Crippen LogP contribution in [0.4, 0.5) is 4.39 Å². The number of carbonyl (C=O) groups is 1. The van der Waals surface area contributed by atoms with E-state index >= 15 is 0 Å². The lowest BCUT2D eigenvalue weighted by atomic mass is 10.1. The molecular weight excluding hydrogens is 579 g/mol. The first-order chi connectivity index (χ1) is 20.4. The van der Waals surface area contributed by atoms with E-state index < -0.39 is 0 Å². The lowest BCUT2D eigenvalue weighted by molar-refractivity contribution is -0.0592. The van der Waals surface area contributed by atoms with Gasteiger partial charge in [0.25, 0.3) is 0 Å². The van der Waals surface area contributed by atoms with Gasteiger partial charge >= 0.3 is 5.97 Å². The quantitative estimate of drug-likeness (QED) is 0.157. The summed E-state index contributed by atoms with van der Waals surface area (Å²) in [5.41, 5.74) is 3.12. The Labute approximate surface area is 253 Å². The summed E-state index contributed by atoms with van der Waals surface area (Å²) in [6, 6.07) is 15.9. The average molecular weight is 611 g/mol. The minimum atomic E-state index is -0.359. The van der Waals surface area contributed by atoms with E-state index in [9.17, 15) is 9.18 Å². The van der Waals surface area contributed by atoms with Crippen molar-refractivity contribution in [2.45, 2.75) is 55.2 Å². The van der Waals surface area contributed by atoms with Crippen molar-refractivity contribution in [1.82, 2.24) is 19.4 Å². The van der Waals surface area contributed by atoms with Crippen molar-refractivity contribution in [3.63, 3.8) is 0 Å². The number of esters is 1. The normalized spacial score (nSPS) is 17.7. The Bertz CT molecular complexity index is 1570. The number of pyridine rings is 1. The number of methoxy groups -OCH3 is 1. The van der Waals surface area contributed by atoms with Crippen LogP contribution in [0.15, 0.2) is 59.5 Å². The Morgan fingerprint density at radius 3 is 2.69 bits per heavy atom. The zero-order valence-corrected chi connectivity index (χ0v) is 24.9. The molecule has 0 saturated carbocycles. The van der Waals surface area contributed by atoms with Crippen molar-refractivity contribution in [3.8, 4) is 5.88 Å². The van der Waals surface area contributed by atoms with Gasteiger partial charge in [0.1, 0.15) is 17.7 Å². The van der Waals surface area contributed by atoms with Gasteiger partial charge in [-0.25, -0.2) is 19.2 Å². The Hall–Kier alpha value is -3.18. The fourth-order valence-electron chi connectivity index (χ4n) is 5.28. The lowest BCUT2D eigenvalue weighted by Gasteiger charge is -2.32. The molecule has 2 aromatic carbocycles. The summed E-state index contributed by atoms with van der Waals surface area (Å²) < 4.78 is 33.2. The molecule has 220 valence electrons. The van der Waals surface area contributed by atoms with Crippen LogP contribution in [0.25, 0.3) is 11.0 Å². The van der Waals surface area contributed by atoms with Crippen molar-refractivity contribution in [2.24, 2.45) is 0 Å². The van der Waals surface area contributed by atoms with E-state index in [0.29, 0.717) is 40.2 Å². The van der Waals surface area contributed by atoms with Gasteiger partial charge in [-0.1, -0.05) is 17.7 Å². The fourth-order valence-corrected chi connectivity index (χ4v) is 6.26. The topological polar surface area (TPSA) is 78.7 Å². The Morgan fingerprint density at radius 2 is 1.95 bits per heavy atom. The number of nitrogens with zero attached hydrogens (tertiary/aromatic N) is 4. The fraction of sp³-hybridized carbons (Fsp3) is 0.387. The summed E-state index contributed by atoms with van der Waals surface area (Å²) >= 11 is 7.24. The van der Waals surface area contributed by atoms with Crippen LogP contribution in [0.1, 0.15) is 41.1 Å². The first kappa shape index (κ1) is 28.9. The molecule has 0 bridgehead atoms. The summed E-state index contributed by atoms with van der Waals surface area (Å²) in [6.07, 6.45) is 2.98. The van der Waals surface area contributed by atoms with E-state index in [-0.39, 0.29) is 24.0 Å². The molecule has 0 amide bonds. The van der Waals surface area contributed by atoms with Gasteiger partial charge in [0.05, 0.1) is 48.6 Å². The zero-order valence-electron chi connectivity index (χ0n) is 23.3. The summed E-state index contributed by atoms with van der Waals surface area (Å²) in [6.45, 7) is 3.93. The van der Waals surface area contributed by atoms with Crippen molar-refractivity contribution in [2.75, 3.05) is 26.8 Å². The molecule has 0 unspecified atom stereocenters. The van der Waals surface area contributed by atoms with Gasteiger partial charge in [-0.2, -0.15) is 0 Å². The highest BCUT2D eigenvalue weighted by atomic mass is 35.5. The number of hydrogen-bond acceptors (Lipinski definition) is 8. The molecule has 0 radical (unpaired) electrons. The molecule has 4 aromatic rings. The highest BCUT2D eigenvalue weighted by Crippen LogP contribution is 2.28. The largest absolute Gasteiger partial charge is 0.474 e. The second-order valence-corrected chi connectivity index (χ2v) is 12.0. The maximum atomic E-state index is 14.1. The first-order valence-electron chi connectivity index (χ1n) is 14.1. The number of thioether (sulfide) groups is 1. The van der Waals surface area contributed by atoms with E-state index in [2.05, 4.69) is 14.5 Å². The number of imidazole rings is 1. The van der Waals surface area contributed by atoms with Crippen LogP contribution < -0.4 is 4.74 Å². The maximum absolute atomic E-state index is 14.1. The molecule has 4 heterocycles. The predicted molar refractivity (Wildman–Crippen MR) is 160 cm³/mol. The van der Waals surface area contributed by atoms with Gasteiger partial charge in [0, 0.05) is 41.4 Å². The van der Waals surface area contributed by atoms with Crippen LogP contribution in [0, 0.1) is 5.82 Å². The molecule has 8 nitrogen and oxygen atoms in total. The summed E-state index contributed by atoms with van der Waals surface area (Å²) in [7, 11) is 1.39. The molecule has 2 saturated heterocycles. The molecule has 0 spiro atoms. The van der Waals surface area contributed by atoms with Gasteiger partial charge in [0.2, 0.25) is 5.88 Å².